The first-order chi connectivity index (χ1) is 7.17. The van der Waals surface area contributed by atoms with E-state index >= 15 is 0 Å². The average Bonchev–Trinajstić information content (AvgIpc) is 2.21. The molecule has 2 nitrogen and oxygen atoms in total. The molecule has 0 aliphatic heterocycles. The van der Waals surface area contributed by atoms with Crippen LogP contribution in [-0.2, 0) is 11.2 Å². The summed E-state index contributed by atoms with van der Waals surface area (Å²) in [5, 5.41) is 3.99. The molecule has 1 rings (SSSR count). The summed E-state index contributed by atoms with van der Waals surface area (Å²) in [6, 6.07) is 6.25. The average molecular weight is 293 g/mol. The van der Waals surface area contributed by atoms with Crippen LogP contribution >= 0.6 is 27.5 Å². The third kappa shape index (κ3) is 4.11. The lowest BCUT2D eigenvalue weighted by molar-refractivity contribution is 0.169. The number of methoxy groups -OCH3 is 1. The zero-order valence-corrected chi connectivity index (χ0v) is 11.2. The summed E-state index contributed by atoms with van der Waals surface area (Å²) in [5.41, 5.74) is 1.14. The maximum absolute atomic E-state index is 6.13. The minimum Gasteiger partial charge on any atom is -0.383 e. The van der Waals surface area contributed by atoms with E-state index in [1.807, 2.05) is 25.2 Å². The van der Waals surface area contributed by atoms with Crippen LogP contribution in [0.5, 0.6) is 0 Å². The molecule has 0 saturated carbocycles. The van der Waals surface area contributed by atoms with Crippen molar-refractivity contribution < 1.29 is 4.74 Å². The number of likely N-dealkylation sites (N-methyl/N-ethyl adjacent to an activating group) is 1. The molecule has 0 radical (unpaired) electrons. The second-order valence-corrected chi connectivity index (χ2v) is 4.70. The molecule has 1 aromatic carbocycles. The van der Waals surface area contributed by atoms with Gasteiger partial charge in [0.1, 0.15) is 0 Å². The van der Waals surface area contributed by atoms with Crippen molar-refractivity contribution in [3.05, 3.63) is 33.3 Å². The Labute approximate surface area is 104 Å². The largest absolute Gasteiger partial charge is 0.383 e. The highest BCUT2D eigenvalue weighted by Gasteiger charge is 2.09. The number of benzene rings is 1. The van der Waals surface area contributed by atoms with Crippen LogP contribution in [0, 0.1) is 0 Å². The molecule has 1 aromatic rings. The van der Waals surface area contributed by atoms with Crippen molar-refractivity contribution >= 4 is 27.5 Å². The number of halogens is 2. The van der Waals surface area contributed by atoms with Gasteiger partial charge in [0, 0.05) is 22.6 Å². The van der Waals surface area contributed by atoms with Gasteiger partial charge < -0.3 is 10.1 Å². The summed E-state index contributed by atoms with van der Waals surface area (Å²) in [4.78, 5) is 0. The molecule has 0 aliphatic rings. The standard InChI is InChI=1S/C11H15BrClNO/c1-14-10(7-15-2)5-8-3-4-9(12)6-11(8)13/h3-4,6,10,14H,5,7H2,1-2H3. The lowest BCUT2D eigenvalue weighted by atomic mass is 10.1. The van der Waals surface area contributed by atoms with Crippen LogP contribution in [0.2, 0.25) is 5.02 Å². The smallest absolute Gasteiger partial charge is 0.0618 e. The number of hydrogen-bond acceptors (Lipinski definition) is 2. The molecule has 0 fully saturated rings. The van der Waals surface area contributed by atoms with Crippen LogP contribution in [-0.4, -0.2) is 26.8 Å². The van der Waals surface area contributed by atoms with Gasteiger partial charge in [0.25, 0.3) is 0 Å². The summed E-state index contributed by atoms with van der Waals surface area (Å²) in [6.07, 6.45) is 0.871. The SMILES string of the molecule is CNC(COC)Cc1ccc(Br)cc1Cl. The monoisotopic (exact) mass is 291 g/mol. The maximum Gasteiger partial charge on any atom is 0.0618 e. The van der Waals surface area contributed by atoms with Crippen molar-refractivity contribution in [2.75, 3.05) is 20.8 Å². The fourth-order valence-corrected chi connectivity index (χ4v) is 2.15. The first kappa shape index (κ1) is 13.0. The first-order valence-electron chi connectivity index (χ1n) is 4.77. The fraction of sp³-hybridized carbons (Fsp3) is 0.455. The van der Waals surface area contributed by atoms with Crippen molar-refractivity contribution in [2.24, 2.45) is 0 Å². The highest BCUT2D eigenvalue weighted by molar-refractivity contribution is 9.10. The zero-order valence-electron chi connectivity index (χ0n) is 8.89. The van der Waals surface area contributed by atoms with Crippen LogP contribution in [0.15, 0.2) is 22.7 Å². The third-order valence-corrected chi connectivity index (χ3v) is 3.10. The van der Waals surface area contributed by atoms with Crippen molar-refractivity contribution in [1.29, 1.82) is 0 Å². The minimum absolute atomic E-state index is 0.300. The van der Waals surface area contributed by atoms with E-state index < -0.39 is 0 Å². The summed E-state index contributed by atoms with van der Waals surface area (Å²) in [7, 11) is 3.63. The first-order valence-corrected chi connectivity index (χ1v) is 5.94. The normalized spacial score (nSPS) is 12.8. The molecule has 84 valence electrons. The summed E-state index contributed by atoms with van der Waals surface area (Å²) in [6.45, 7) is 0.683. The number of ether oxygens (including phenoxy) is 1. The Bertz CT molecular complexity index is 319. The van der Waals surface area contributed by atoms with E-state index in [0.29, 0.717) is 12.6 Å². The molecule has 0 amide bonds. The number of nitrogens with one attached hydrogen (secondary N) is 1. The summed E-state index contributed by atoms with van der Waals surface area (Å²) >= 11 is 9.52. The highest BCUT2D eigenvalue weighted by Crippen LogP contribution is 2.22. The molecule has 0 heterocycles. The van der Waals surface area contributed by atoms with Gasteiger partial charge in [0.15, 0.2) is 0 Å². The second kappa shape index (κ2) is 6.48. The maximum atomic E-state index is 6.13. The Balaban J connectivity index is 2.70. The van der Waals surface area contributed by atoms with Gasteiger partial charge in [0.2, 0.25) is 0 Å². The van der Waals surface area contributed by atoms with Crippen LogP contribution in [0.4, 0.5) is 0 Å². The van der Waals surface area contributed by atoms with E-state index in [4.69, 9.17) is 16.3 Å². The van der Waals surface area contributed by atoms with Crippen molar-refractivity contribution in [3.63, 3.8) is 0 Å². The zero-order chi connectivity index (χ0) is 11.3. The highest BCUT2D eigenvalue weighted by atomic mass is 79.9. The Morgan fingerprint density at radius 1 is 1.53 bits per heavy atom. The van der Waals surface area contributed by atoms with Crippen LogP contribution in [0.25, 0.3) is 0 Å². The molecule has 1 atom stereocenters. The van der Waals surface area contributed by atoms with Gasteiger partial charge >= 0.3 is 0 Å². The fourth-order valence-electron chi connectivity index (χ4n) is 1.40. The van der Waals surface area contributed by atoms with Gasteiger partial charge in [-0.3, -0.25) is 0 Å². The third-order valence-electron chi connectivity index (χ3n) is 2.26. The van der Waals surface area contributed by atoms with E-state index in [-0.39, 0.29) is 0 Å². The number of hydrogen-bond donors (Lipinski definition) is 1. The Hall–Kier alpha value is -0.0900. The molecule has 1 N–H and O–H groups in total. The quantitative estimate of drug-likeness (QED) is 0.901. The molecule has 0 saturated heterocycles. The summed E-state index contributed by atoms with van der Waals surface area (Å²) in [5.74, 6) is 0. The lowest BCUT2D eigenvalue weighted by Crippen LogP contribution is -2.32. The molecule has 0 aromatic heterocycles. The minimum atomic E-state index is 0.300. The van der Waals surface area contributed by atoms with E-state index in [2.05, 4.69) is 21.2 Å². The van der Waals surface area contributed by atoms with Crippen LogP contribution < -0.4 is 5.32 Å². The van der Waals surface area contributed by atoms with E-state index in [0.717, 1.165) is 21.5 Å². The van der Waals surface area contributed by atoms with Gasteiger partial charge in [-0.05, 0) is 31.2 Å². The molecular weight excluding hydrogens is 277 g/mol. The molecule has 0 aliphatic carbocycles. The van der Waals surface area contributed by atoms with Gasteiger partial charge in [-0.15, -0.1) is 0 Å². The molecule has 0 spiro atoms. The van der Waals surface area contributed by atoms with Crippen molar-refractivity contribution in [1.82, 2.24) is 5.32 Å². The van der Waals surface area contributed by atoms with Crippen molar-refractivity contribution in [2.45, 2.75) is 12.5 Å². The molecule has 4 heteroatoms. The van der Waals surface area contributed by atoms with Crippen LogP contribution in [0.3, 0.4) is 0 Å². The Morgan fingerprint density at radius 3 is 2.80 bits per heavy atom. The van der Waals surface area contributed by atoms with Crippen molar-refractivity contribution in [3.8, 4) is 0 Å². The molecule has 1 unspecified atom stereocenters. The Morgan fingerprint density at radius 2 is 2.27 bits per heavy atom. The lowest BCUT2D eigenvalue weighted by Gasteiger charge is -2.15. The van der Waals surface area contributed by atoms with Gasteiger partial charge in [-0.2, -0.15) is 0 Å². The van der Waals surface area contributed by atoms with Gasteiger partial charge in [-0.25, -0.2) is 0 Å². The predicted molar refractivity (Wildman–Crippen MR) is 67.6 cm³/mol. The second-order valence-electron chi connectivity index (χ2n) is 3.38. The van der Waals surface area contributed by atoms with Crippen LogP contribution in [0.1, 0.15) is 5.56 Å². The van der Waals surface area contributed by atoms with Gasteiger partial charge in [-0.1, -0.05) is 33.6 Å². The number of rotatable bonds is 5. The molecular formula is C11H15BrClNO. The summed E-state index contributed by atoms with van der Waals surface area (Å²) < 4.78 is 6.12. The topological polar surface area (TPSA) is 21.3 Å². The van der Waals surface area contributed by atoms with E-state index in [9.17, 15) is 0 Å². The van der Waals surface area contributed by atoms with Gasteiger partial charge in [0.05, 0.1) is 6.61 Å². The Kier molecular flexibility index (Phi) is 5.61. The van der Waals surface area contributed by atoms with E-state index in [1.165, 1.54) is 0 Å². The molecule has 0 bridgehead atoms. The predicted octanol–water partition coefficient (Wildman–Crippen LogP) is 2.88. The molecule has 15 heavy (non-hydrogen) atoms. The van der Waals surface area contributed by atoms with E-state index in [1.54, 1.807) is 7.11 Å².